The Balaban J connectivity index is 3.00. The maximum absolute atomic E-state index is 8.23. The predicted molar refractivity (Wildman–Crippen MR) is 28.9 cm³/mol. The average Bonchev–Trinajstić information content (AvgIpc) is 2.33. The van der Waals surface area contributed by atoms with Crippen molar-refractivity contribution in [1.29, 1.82) is 10.5 Å². The van der Waals surface area contributed by atoms with Crippen LogP contribution in [-0.4, -0.2) is 6.34 Å². The molecule has 9 heavy (non-hydrogen) atoms. The second-order valence-corrected chi connectivity index (χ2v) is 1.29. The number of nitriles is 2. The van der Waals surface area contributed by atoms with Gasteiger partial charge in [-0.25, -0.2) is 10.3 Å². The quantitative estimate of drug-likeness (QED) is 0.444. The van der Waals surface area contributed by atoms with Gasteiger partial charge in [0, 0.05) is 0 Å². The molecule has 0 spiro atoms. The molecule has 0 saturated carbocycles. The molecule has 0 bridgehead atoms. The first kappa shape index (κ1) is 5.33. The first-order valence-corrected chi connectivity index (χ1v) is 2.16. The van der Waals surface area contributed by atoms with Gasteiger partial charge in [-0.3, -0.25) is 0 Å². The molecule has 0 atom stereocenters. The summed E-state index contributed by atoms with van der Waals surface area (Å²) in [6.45, 7) is 0. The van der Waals surface area contributed by atoms with Crippen LogP contribution in [0.5, 0.6) is 0 Å². The van der Waals surface area contributed by atoms with Gasteiger partial charge in [0.05, 0.1) is 0 Å². The standard InChI is InChI=1S/C5HN4/c6-1-4-5(2-7)9-3-8-4/h3H. The third-order valence-electron chi connectivity index (χ3n) is 0.810. The molecule has 0 saturated heterocycles. The maximum Gasteiger partial charge on any atom is 0.178 e. The van der Waals surface area contributed by atoms with Gasteiger partial charge in [-0.05, 0) is 0 Å². The number of hydrogen-bond donors (Lipinski definition) is 0. The zero-order valence-electron chi connectivity index (χ0n) is 4.37. The Kier molecular flexibility index (Phi) is 1.17. The molecule has 0 unspecified atom stereocenters. The third kappa shape index (κ3) is 0.731. The van der Waals surface area contributed by atoms with Crippen molar-refractivity contribution < 1.29 is 0 Å². The Bertz CT molecular complexity index is 260. The van der Waals surface area contributed by atoms with Crippen LogP contribution in [0.15, 0.2) is 16.4 Å². The second-order valence-electron chi connectivity index (χ2n) is 1.29. The lowest BCUT2D eigenvalue weighted by Gasteiger charge is -1.79. The van der Waals surface area contributed by atoms with E-state index in [-0.39, 0.29) is 11.4 Å². The predicted octanol–water partition coefficient (Wildman–Crippen LogP) is -0.109. The molecule has 1 heterocycles. The van der Waals surface area contributed by atoms with E-state index in [0.29, 0.717) is 0 Å². The summed E-state index contributed by atoms with van der Waals surface area (Å²) in [7, 11) is 0. The fourth-order valence-electron chi connectivity index (χ4n) is 0.430. The number of rotatable bonds is 0. The highest BCUT2D eigenvalue weighted by molar-refractivity contribution is 5.67. The van der Waals surface area contributed by atoms with E-state index in [2.05, 4.69) is 10.3 Å². The smallest absolute Gasteiger partial charge is 0.178 e. The Morgan fingerprint density at radius 3 is 2.33 bits per heavy atom. The molecule has 4 nitrogen and oxygen atoms in total. The van der Waals surface area contributed by atoms with E-state index in [1.165, 1.54) is 6.34 Å². The van der Waals surface area contributed by atoms with Gasteiger partial charge in [0.15, 0.2) is 11.4 Å². The molecule has 0 aromatic carbocycles. The van der Waals surface area contributed by atoms with Crippen molar-refractivity contribution in [2.24, 2.45) is 4.99 Å². The summed E-state index contributed by atoms with van der Waals surface area (Å²) in [5.41, 5.74) is 0.190. The van der Waals surface area contributed by atoms with Crippen molar-refractivity contribution in [2.75, 3.05) is 0 Å². The molecule has 1 aliphatic heterocycles. The van der Waals surface area contributed by atoms with E-state index in [1.54, 1.807) is 12.1 Å². The van der Waals surface area contributed by atoms with Gasteiger partial charge in [-0.1, -0.05) is 0 Å². The fraction of sp³-hybridized carbons (Fsp3) is 0. The van der Waals surface area contributed by atoms with Crippen LogP contribution in [-0.2, 0) is 0 Å². The lowest BCUT2D eigenvalue weighted by atomic mass is 10.4. The zero-order chi connectivity index (χ0) is 6.69. The number of nitrogens with zero attached hydrogens (tertiary/aromatic N) is 4. The SMILES string of the molecule is N#CC1=C(C#N)N=C[N]1. The van der Waals surface area contributed by atoms with Crippen molar-refractivity contribution in [1.82, 2.24) is 5.32 Å². The molecule has 1 radical (unpaired) electrons. The van der Waals surface area contributed by atoms with Gasteiger partial charge in [0.2, 0.25) is 0 Å². The lowest BCUT2D eigenvalue weighted by Crippen LogP contribution is -1.93. The van der Waals surface area contributed by atoms with E-state index in [0.717, 1.165) is 0 Å². The minimum absolute atomic E-state index is 0.0949. The second kappa shape index (κ2) is 1.97. The van der Waals surface area contributed by atoms with Crippen LogP contribution in [0.4, 0.5) is 0 Å². The topological polar surface area (TPSA) is 74.0 Å². The van der Waals surface area contributed by atoms with Crippen molar-refractivity contribution in [3.63, 3.8) is 0 Å². The zero-order valence-corrected chi connectivity index (χ0v) is 4.37. The molecule has 0 aromatic rings. The lowest BCUT2D eigenvalue weighted by molar-refractivity contribution is 1.21. The fourth-order valence-corrected chi connectivity index (χ4v) is 0.430. The Morgan fingerprint density at radius 1 is 1.22 bits per heavy atom. The normalized spacial score (nSPS) is 14.4. The third-order valence-corrected chi connectivity index (χ3v) is 0.810. The molecule has 1 rings (SSSR count). The van der Waals surface area contributed by atoms with Gasteiger partial charge in [0.1, 0.15) is 18.5 Å². The van der Waals surface area contributed by atoms with Gasteiger partial charge in [-0.15, -0.1) is 0 Å². The molecule has 41 valence electrons. The molecular weight excluding hydrogens is 116 g/mol. The van der Waals surface area contributed by atoms with Crippen LogP contribution in [0.1, 0.15) is 0 Å². The molecule has 0 aromatic heterocycles. The molecule has 0 amide bonds. The van der Waals surface area contributed by atoms with Crippen LogP contribution in [0.25, 0.3) is 0 Å². The van der Waals surface area contributed by atoms with Gasteiger partial charge in [0.25, 0.3) is 0 Å². The Hall–Kier alpha value is -1.81. The minimum Gasteiger partial charge on any atom is -0.223 e. The van der Waals surface area contributed by atoms with Crippen molar-refractivity contribution in [3.8, 4) is 12.1 Å². The minimum atomic E-state index is 0.0949. The Morgan fingerprint density at radius 2 is 1.89 bits per heavy atom. The highest BCUT2D eigenvalue weighted by Gasteiger charge is 2.09. The van der Waals surface area contributed by atoms with E-state index in [1.807, 2.05) is 0 Å². The largest absolute Gasteiger partial charge is 0.223 e. The number of hydrogen-bond acceptors (Lipinski definition) is 3. The van der Waals surface area contributed by atoms with Crippen molar-refractivity contribution in [3.05, 3.63) is 11.4 Å². The molecule has 1 aliphatic rings. The summed E-state index contributed by atoms with van der Waals surface area (Å²) in [4.78, 5) is 3.51. The molecule has 4 heteroatoms. The molecule has 0 aliphatic carbocycles. The Labute approximate surface area is 51.7 Å². The summed E-state index contributed by atoms with van der Waals surface area (Å²) in [6, 6.07) is 3.46. The van der Waals surface area contributed by atoms with E-state index in [9.17, 15) is 0 Å². The van der Waals surface area contributed by atoms with Crippen LogP contribution < -0.4 is 5.32 Å². The first-order chi connectivity index (χ1) is 4.38. The highest BCUT2D eigenvalue weighted by Crippen LogP contribution is 2.05. The van der Waals surface area contributed by atoms with Crippen LogP contribution in [0.2, 0.25) is 0 Å². The summed E-state index contributed by atoms with van der Waals surface area (Å²) >= 11 is 0. The average molecular weight is 117 g/mol. The van der Waals surface area contributed by atoms with Crippen LogP contribution >= 0.6 is 0 Å². The monoisotopic (exact) mass is 117 g/mol. The van der Waals surface area contributed by atoms with Gasteiger partial charge in [-0.2, -0.15) is 10.5 Å². The van der Waals surface area contributed by atoms with E-state index >= 15 is 0 Å². The van der Waals surface area contributed by atoms with E-state index < -0.39 is 0 Å². The first-order valence-electron chi connectivity index (χ1n) is 2.16. The molecular formula is C5HN4. The van der Waals surface area contributed by atoms with E-state index in [4.69, 9.17) is 10.5 Å². The summed E-state index contributed by atoms with van der Waals surface area (Å²) in [6.07, 6.45) is 1.19. The summed E-state index contributed by atoms with van der Waals surface area (Å²) < 4.78 is 0. The van der Waals surface area contributed by atoms with Gasteiger partial charge < -0.3 is 0 Å². The maximum atomic E-state index is 8.23. The number of allylic oxidation sites excluding steroid dienone is 2. The highest BCUT2D eigenvalue weighted by atomic mass is 15.0. The van der Waals surface area contributed by atoms with Crippen molar-refractivity contribution >= 4 is 6.34 Å². The van der Waals surface area contributed by atoms with Gasteiger partial charge >= 0.3 is 0 Å². The van der Waals surface area contributed by atoms with Crippen molar-refractivity contribution in [2.45, 2.75) is 0 Å². The van der Waals surface area contributed by atoms with Crippen LogP contribution in [0.3, 0.4) is 0 Å². The molecule has 0 N–H and O–H groups in total. The van der Waals surface area contributed by atoms with Crippen LogP contribution in [0, 0.1) is 22.7 Å². The number of aliphatic imine (C=N–C) groups is 1. The summed E-state index contributed by atoms with van der Waals surface area (Å²) in [5.74, 6) is 0. The summed E-state index contributed by atoms with van der Waals surface area (Å²) in [5, 5.41) is 20.0. The molecule has 0 fully saturated rings.